The molecule has 0 aliphatic carbocycles. The van der Waals surface area contributed by atoms with E-state index in [-0.39, 0.29) is 0 Å². The van der Waals surface area contributed by atoms with E-state index in [4.69, 9.17) is 17.3 Å². The van der Waals surface area contributed by atoms with Crippen LogP contribution < -0.4 is 10.6 Å². The van der Waals surface area contributed by atoms with Gasteiger partial charge in [0.1, 0.15) is 0 Å². The van der Waals surface area contributed by atoms with E-state index < -0.39 is 0 Å². The summed E-state index contributed by atoms with van der Waals surface area (Å²) in [5.41, 5.74) is 8.41. The fourth-order valence-corrected chi connectivity index (χ4v) is 4.03. The third-order valence-electron chi connectivity index (χ3n) is 4.96. The van der Waals surface area contributed by atoms with Crippen molar-refractivity contribution in [3.8, 4) is 0 Å². The summed E-state index contributed by atoms with van der Waals surface area (Å²) in [5, 5.41) is 0.823. The minimum absolute atomic E-state index is 0.536. The minimum Gasteiger partial charge on any atom is -0.366 e. The van der Waals surface area contributed by atoms with Gasteiger partial charge in [0.05, 0.1) is 0 Å². The highest BCUT2D eigenvalue weighted by molar-refractivity contribution is 6.30. The molecule has 0 aromatic heterocycles. The molecule has 0 saturated carbocycles. The molecule has 2 aliphatic rings. The first-order valence-corrected chi connectivity index (χ1v) is 8.56. The number of hydrogen-bond acceptors (Lipinski definition) is 3. The summed E-state index contributed by atoms with van der Waals surface area (Å²) < 4.78 is 0. The Balaban J connectivity index is 1.86. The standard InChI is InChI=1S/C17H26ClN3/c1-13-11-20-9-3-2-4-16(20)12-21(13)17-10-15(18)6-5-14(17)7-8-19/h5-6,10,13,16H,2-4,7-9,11-12,19H2,1H3. The molecule has 1 aromatic rings. The Morgan fingerprint density at radius 3 is 2.95 bits per heavy atom. The summed E-state index contributed by atoms with van der Waals surface area (Å²) in [7, 11) is 0. The van der Waals surface area contributed by atoms with Crippen molar-refractivity contribution >= 4 is 17.3 Å². The van der Waals surface area contributed by atoms with E-state index in [0.717, 1.165) is 18.0 Å². The van der Waals surface area contributed by atoms with E-state index in [2.05, 4.69) is 28.9 Å². The molecule has 21 heavy (non-hydrogen) atoms. The second-order valence-corrected chi connectivity index (χ2v) is 6.89. The highest BCUT2D eigenvalue weighted by Gasteiger charge is 2.33. The van der Waals surface area contributed by atoms with Crippen LogP contribution in [-0.2, 0) is 6.42 Å². The van der Waals surface area contributed by atoms with Crippen molar-refractivity contribution in [1.82, 2.24) is 4.90 Å². The molecular formula is C17H26ClN3. The van der Waals surface area contributed by atoms with Crippen molar-refractivity contribution in [3.05, 3.63) is 28.8 Å². The molecule has 2 heterocycles. The van der Waals surface area contributed by atoms with Crippen LogP contribution in [-0.4, -0.2) is 43.2 Å². The summed E-state index contributed by atoms with van der Waals surface area (Å²) >= 11 is 6.25. The summed E-state index contributed by atoms with van der Waals surface area (Å²) in [6.07, 6.45) is 4.98. The third kappa shape index (κ3) is 3.20. The largest absolute Gasteiger partial charge is 0.366 e. The zero-order valence-corrected chi connectivity index (χ0v) is 13.6. The molecule has 0 spiro atoms. The smallest absolute Gasteiger partial charge is 0.0426 e. The SMILES string of the molecule is CC1CN2CCCCC2CN1c1cc(Cl)ccc1CCN. The molecule has 2 unspecified atom stereocenters. The Bertz CT molecular complexity index is 491. The fourth-order valence-electron chi connectivity index (χ4n) is 3.86. The maximum atomic E-state index is 6.25. The number of nitrogens with zero attached hydrogens (tertiary/aromatic N) is 2. The third-order valence-corrected chi connectivity index (χ3v) is 5.19. The van der Waals surface area contributed by atoms with Crippen LogP contribution in [0.25, 0.3) is 0 Å². The van der Waals surface area contributed by atoms with Crippen LogP contribution in [0.15, 0.2) is 18.2 Å². The van der Waals surface area contributed by atoms with Gasteiger partial charge in [-0.15, -0.1) is 0 Å². The van der Waals surface area contributed by atoms with Crippen LogP contribution in [0.2, 0.25) is 5.02 Å². The number of piperazine rings is 1. The second kappa shape index (κ2) is 6.55. The Morgan fingerprint density at radius 2 is 2.14 bits per heavy atom. The van der Waals surface area contributed by atoms with E-state index in [1.807, 2.05) is 6.07 Å². The number of nitrogens with two attached hydrogens (primary N) is 1. The average Bonchev–Trinajstić information content (AvgIpc) is 2.49. The van der Waals surface area contributed by atoms with Gasteiger partial charge >= 0.3 is 0 Å². The Morgan fingerprint density at radius 1 is 1.29 bits per heavy atom. The zero-order valence-electron chi connectivity index (χ0n) is 12.9. The van der Waals surface area contributed by atoms with Gasteiger partial charge in [0, 0.05) is 35.9 Å². The first kappa shape index (κ1) is 15.1. The number of anilines is 1. The monoisotopic (exact) mass is 307 g/mol. The molecule has 4 heteroatoms. The average molecular weight is 308 g/mol. The maximum Gasteiger partial charge on any atom is 0.0426 e. The molecule has 0 radical (unpaired) electrons. The van der Waals surface area contributed by atoms with E-state index in [1.165, 1.54) is 43.6 Å². The summed E-state index contributed by atoms with van der Waals surface area (Å²) in [6.45, 7) is 6.58. The highest BCUT2D eigenvalue weighted by atomic mass is 35.5. The van der Waals surface area contributed by atoms with Gasteiger partial charge < -0.3 is 10.6 Å². The zero-order chi connectivity index (χ0) is 14.8. The molecule has 2 saturated heterocycles. The van der Waals surface area contributed by atoms with Gasteiger partial charge in [-0.05, 0) is 57.0 Å². The number of rotatable bonds is 3. The first-order valence-electron chi connectivity index (χ1n) is 8.18. The van der Waals surface area contributed by atoms with Crippen molar-refractivity contribution in [3.63, 3.8) is 0 Å². The number of benzene rings is 1. The number of halogens is 1. The lowest BCUT2D eigenvalue weighted by Crippen LogP contribution is -2.59. The van der Waals surface area contributed by atoms with Crippen LogP contribution in [0, 0.1) is 0 Å². The van der Waals surface area contributed by atoms with Gasteiger partial charge in [-0.3, -0.25) is 4.90 Å². The lowest BCUT2D eigenvalue weighted by atomic mass is 9.95. The first-order chi connectivity index (χ1) is 10.2. The van der Waals surface area contributed by atoms with Crippen molar-refractivity contribution in [1.29, 1.82) is 0 Å². The molecule has 2 aliphatic heterocycles. The van der Waals surface area contributed by atoms with Crippen LogP contribution in [0.4, 0.5) is 5.69 Å². The number of hydrogen-bond donors (Lipinski definition) is 1. The molecule has 2 fully saturated rings. The summed E-state index contributed by atoms with van der Waals surface area (Å²) in [6, 6.07) is 7.50. The fraction of sp³-hybridized carbons (Fsp3) is 0.647. The van der Waals surface area contributed by atoms with Crippen LogP contribution in [0.3, 0.4) is 0 Å². The lowest BCUT2D eigenvalue weighted by Gasteiger charge is -2.49. The minimum atomic E-state index is 0.536. The lowest BCUT2D eigenvalue weighted by molar-refractivity contribution is 0.115. The normalized spacial score (nSPS) is 26.7. The number of piperidine rings is 1. The van der Waals surface area contributed by atoms with E-state index in [1.54, 1.807) is 0 Å². The highest BCUT2D eigenvalue weighted by Crippen LogP contribution is 2.32. The van der Waals surface area contributed by atoms with E-state index >= 15 is 0 Å². The molecule has 2 atom stereocenters. The molecule has 2 N–H and O–H groups in total. The molecule has 1 aromatic carbocycles. The molecular weight excluding hydrogens is 282 g/mol. The van der Waals surface area contributed by atoms with E-state index in [9.17, 15) is 0 Å². The van der Waals surface area contributed by atoms with Crippen LogP contribution in [0.1, 0.15) is 31.7 Å². The second-order valence-electron chi connectivity index (χ2n) is 6.46. The van der Waals surface area contributed by atoms with Crippen molar-refractivity contribution in [2.24, 2.45) is 5.73 Å². The Kier molecular flexibility index (Phi) is 4.72. The molecule has 0 bridgehead atoms. The van der Waals surface area contributed by atoms with Gasteiger partial charge in [-0.25, -0.2) is 0 Å². The van der Waals surface area contributed by atoms with Crippen LogP contribution >= 0.6 is 11.6 Å². The summed E-state index contributed by atoms with van der Waals surface area (Å²) in [4.78, 5) is 5.24. The Hall–Kier alpha value is -0.770. The molecule has 3 rings (SSSR count). The van der Waals surface area contributed by atoms with Gasteiger partial charge in [-0.1, -0.05) is 24.1 Å². The maximum absolute atomic E-state index is 6.25. The van der Waals surface area contributed by atoms with Gasteiger partial charge in [0.25, 0.3) is 0 Å². The predicted octanol–water partition coefficient (Wildman–Crippen LogP) is 2.90. The van der Waals surface area contributed by atoms with E-state index in [0.29, 0.717) is 18.6 Å². The molecule has 3 nitrogen and oxygen atoms in total. The van der Waals surface area contributed by atoms with Crippen molar-refractivity contribution < 1.29 is 0 Å². The molecule has 0 amide bonds. The van der Waals surface area contributed by atoms with Crippen molar-refractivity contribution in [2.45, 2.75) is 44.7 Å². The number of fused-ring (bicyclic) bond motifs is 1. The quantitative estimate of drug-likeness (QED) is 0.932. The predicted molar refractivity (Wildman–Crippen MR) is 90.2 cm³/mol. The van der Waals surface area contributed by atoms with Crippen molar-refractivity contribution in [2.75, 3.05) is 31.1 Å². The van der Waals surface area contributed by atoms with Gasteiger partial charge in [-0.2, -0.15) is 0 Å². The Labute approximate surface area is 133 Å². The van der Waals surface area contributed by atoms with Crippen LogP contribution in [0.5, 0.6) is 0 Å². The topological polar surface area (TPSA) is 32.5 Å². The van der Waals surface area contributed by atoms with Gasteiger partial charge in [0.15, 0.2) is 0 Å². The molecule has 116 valence electrons. The summed E-state index contributed by atoms with van der Waals surface area (Å²) in [5.74, 6) is 0. The van der Waals surface area contributed by atoms with Gasteiger partial charge in [0.2, 0.25) is 0 Å².